The Kier molecular flexibility index (Phi) is 5.21. The molecule has 24 heavy (non-hydrogen) atoms. The van der Waals surface area contributed by atoms with E-state index in [1.165, 1.54) is 18.2 Å². The smallest absolute Gasteiger partial charge is 0.254 e. The van der Waals surface area contributed by atoms with Crippen molar-refractivity contribution in [2.45, 2.75) is 19.5 Å². The summed E-state index contributed by atoms with van der Waals surface area (Å²) >= 11 is 5.82. The van der Waals surface area contributed by atoms with E-state index in [4.69, 9.17) is 16.3 Å². The number of carbonyl (C=O) groups excluding carboxylic acids is 1. The summed E-state index contributed by atoms with van der Waals surface area (Å²) in [6.07, 6.45) is 2.92. The molecule has 2 heterocycles. The zero-order valence-corrected chi connectivity index (χ0v) is 14.3. The van der Waals surface area contributed by atoms with Gasteiger partial charge in [-0.1, -0.05) is 11.6 Å². The van der Waals surface area contributed by atoms with Gasteiger partial charge >= 0.3 is 0 Å². The molecule has 0 spiro atoms. The first-order chi connectivity index (χ1) is 11.6. The van der Waals surface area contributed by atoms with Crippen molar-refractivity contribution in [3.8, 4) is 0 Å². The van der Waals surface area contributed by atoms with Gasteiger partial charge in [0, 0.05) is 44.3 Å². The maximum absolute atomic E-state index is 13.4. The van der Waals surface area contributed by atoms with Crippen LogP contribution in [-0.2, 0) is 17.8 Å². The molecule has 1 atom stereocenters. The lowest BCUT2D eigenvalue weighted by Crippen LogP contribution is -2.34. The molecule has 1 aliphatic rings. The van der Waals surface area contributed by atoms with Crippen LogP contribution >= 0.6 is 11.6 Å². The Bertz CT molecular complexity index is 732. The van der Waals surface area contributed by atoms with Crippen LogP contribution in [0.15, 0.2) is 36.5 Å². The summed E-state index contributed by atoms with van der Waals surface area (Å²) in [6.45, 7) is 2.69. The normalized spacial score (nSPS) is 17.5. The number of halogens is 2. The minimum absolute atomic E-state index is 0.0324. The van der Waals surface area contributed by atoms with Crippen molar-refractivity contribution in [2.75, 3.05) is 20.3 Å². The summed E-state index contributed by atoms with van der Waals surface area (Å²) < 4.78 is 20.7. The molecule has 0 N–H and O–H groups in total. The molecular weight excluding hydrogens is 331 g/mol. The van der Waals surface area contributed by atoms with Gasteiger partial charge in [0.2, 0.25) is 0 Å². The van der Waals surface area contributed by atoms with Crippen LogP contribution in [-0.4, -0.2) is 35.6 Å². The molecular formula is C18H20ClFN2O2. The van der Waals surface area contributed by atoms with Gasteiger partial charge in [-0.05, 0) is 42.7 Å². The van der Waals surface area contributed by atoms with Crippen molar-refractivity contribution in [3.05, 3.63) is 58.6 Å². The lowest BCUT2D eigenvalue weighted by molar-refractivity contribution is 0.0705. The van der Waals surface area contributed by atoms with Gasteiger partial charge in [0.15, 0.2) is 0 Å². The minimum atomic E-state index is -0.518. The van der Waals surface area contributed by atoms with Gasteiger partial charge in [0.1, 0.15) is 5.82 Å². The Balaban J connectivity index is 1.84. The van der Waals surface area contributed by atoms with E-state index in [9.17, 15) is 9.18 Å². The number of ether oxygens (including phenoxy) is 1. The van der Waals surface area contributed by atoms with Crippen LogP contribution in [0.2, 0.25) is 5.02 Å². The van der Waals surface area contributed by atoms with Crippen LogP contribution in [0.4, 0.5) is 4.39 Å². The standard InChI is InChI=1S/C18H20ClFN2O2/c1-24-8-6-13-10-21-7-2-3-15(21)12-22(11-13)18(23)14-4-5-17(20)16(19)9-14/h2-5,7,9,13H,6,8,10-12H2,1H3. The van der Waals surface area contributed by atoms with E-state index in [0.29, 0.717) is 31.2 Å². The molecule has 4 nitrogen and oxygen atoms in total. The number of rotatable bonds is 4. The number of methoxy groups -OCH3 is 1. The molecule has 0 fully saturated rings. The zero-order chi connectivity index (χ0) is 17.1. The van der Waals surface area contributed by atoms with E-state index in [1.807, 2.05) is 23.2 Å². The molecule has 1 aromatic carbocycles. The Labute approximate surface area is 145 Å². The van der Waals surface area contributed by atoms with Crippen LogP contribution in [0.1, 0.15) is 22.5 Å². The number of fused-ring (bicyclic) bond motifs is 1. The molecule has 1 aromatic heterocycles. The van der Waals surface area contributed by atoms with Crippen LogP contribution in [0.5, 0.6) is 0 Å². The summed E-state index contributed by atoms with van der Waals surface area (Å²) in [5.41, 5.74) is 1.50. The van der Waals surface area contributed by atoms with Gasteiger partial charge in [-0.15, -0.1) is 0 Å². The topological polar surface area (TPSA) is 34.5 Å². The van der Waals surface area contributed by atoms with Crippen molar-refractivity contribution in [3.63, 3.8) is 0 Å². The highest BCUT2D eigenvalue weighted by atomic mass is 35.5. The summed E-state index contributed by atoms with van der Waals surface area (Å²) in [4.78, 5) is 14.7. The van der Waals surface area contributed by atoms with Crippen molar-refractivity contribution in [1.82, 2.24) is 9.47 Å². The third kappa shape index (κ3) is 3.62. The van der Waals surface area contributed by atoms with E-state index in [-0.39, 0.29) is 10.9 Å². The Morgan fingerprint density at radius 3 is 2.96 bits per heavy atom. The second kappa shape index (κ2) is 7.36. The van der Waals surface area contributed by atoms with Gasteiger partial charge in [-0.3, -0.25) is 4.79 Å². The van der Waals surface area contributed by atoms with Crippen LogP contribution in [0, 0.1) is 11.7 Å². The summed E-state index contributed by atoms with van der Waals surface area (Å²) in [6, 6.07) is 8.13. The first-order valence-corrected chi connectivity index (χ1v) is 8.33. The third-order valence-electron chi connectivity index (χ3n) is 4.39. The molecule has 6 heteroatoms. The molecule has 1 aliphatic heterocycles. The quantitative estimate of drug-likeness (QED) is 0.844. The van der Waals surface area contributed by atoms with Crippen molar-refractivity contribution in [2.24, 2.45) is 5.92 Å². The average molecular weight is 351 g/mol. The van der Waals surface area contributed by atoms with E-state index in [1.54, 1.807) is 7.11 Å². The number of nitrogens with zero attached hydrogens (tertiary/aromatic N) is 2. The molecule has 3 rings (SSSR count). The molecule has 1 amide bonds. The molecule has 0 saturated heterocycles. The number of hydrogen-bond donors (Lipinski definition) is 0. The molecule has 0 aliphatic carbocycles. The number of aromatic nitrogens is 1. The number of carbonyl (C=O) groups is 1. The van der Waals surface area contributed by atoms with Crippen molar-refractivity contribution < 1.29 is 13.9 Å². The van der Waals surface area contributed by atoms with E-state index >= 15 is 0 Å². The lowest BCUT2D eigenvalue weighted by Gasteiger charge is -2.24. The predicted molar refractivity (Wildman–Crippen MR) is 90.6 cm³/mol. The van der Waals surface area contributed by atoms with Crippen LogP contribution < -0.4 is 0 Å². The van der Waals surface area contributed by atoms with E-state index in [0.717, 1.165) is 18.7 Å². The molecule has 0 bridgehead atoms. The largest absolute Gasteiger partial charge is 0.385 e. The number of benzene rings is 1. The van der Waals surface area contributed by atoms with Gasteiger partial charge in [0.05, 0.1) is 11.6 Å². The first-order valence-electron chi connectivity index (χ1n) is 7.95. The first kappa shape index (κ1) is 17.0. The average Bonchev–Trinajstić information content (AvgIpc) is 2.93. The maximum atomic E-state index is 13.4. The van der Waals surface area contributed by atoms with Crippen molar-refractivity contribution in [1.29, 1.82) is 0 Å². The van der Waals surface area contributed by atoms with Gasteiger partial charge in [-0.2, -0.15) is 0 Å². The Morgan fingerprint density at radius 2 is 2.21 bits per heavy atom. The summed E-state index contributed by atoms with van der Waals surface area (Å²) in [7, 11) is 1.68. The summed E-state index contributed by atoms with van der Waals surface area (Å²) in [5.74, 6) is -0.344. The van der Waals surface area contributed by atoms with Gasteiger partial charge in [0.25, 0.3) is 5.91 Å². The molecule has 2 aromatic rings. The molecule has 0 saturated carbocycles. The number of hydrogen-bond acceptors (Lipinski definition) is 2. The van der Waals surface area contributed by atoms with Crippen LogP contribution in [0.3, 0.4) is 0 Å². The van der Waals surface area contributed by atoms with E-state index in [2.05, 4.69) is 4.57 Å². The second-order valence-corrected chi connectivity index (χ2v) is 6.52. The fourth-order valence-electron chi connectivity index (χ4n) is 3.11. The highest BCUT2D eigenvalue weighted by Gasteiger charge is 2.25. The summed E-state index contributed by atoms with van der Waals surface area (Å²) in [5, 5.41) is -0.0324. The lowest BCUT2D eigenvalue weighted by atomic mass is 10.0. The highest BCUT2D eigenvalue weighted by Crippen LogP contribution is 2.23. The van der Waals surface area contributed by atoms with E-state index < -0.39 is 5.82 Å². The van der Waals surface area contributed by atoms with Gasteiger partial charge in [-0.25, -0.2) is 4.39 Å². The Morgan fingerprint density at radius 1 is 1.38 bits per heavy atom. The number of amides is 1. The predicted octanol–water partition coefficient (Wildman–Crippen LogP) is 3.59. The second-order valence-electron chi connectivity index (χ2n) is 6.11. The van der Waals surface area contributed by atoms with Gasteiger partial charge < -0.3 is 14.2 Å². The SMILES string of the molecule is COCCC1CN(C(=O)c2ccc(F)c(Cl)c2)Cc2cccn2C1. The van der Waals surface area contributed by atoms with Crippen LogP contribution in [0.25, 0.3) is 0 Å². The monoisotopic (exact) mass is 350 g/mol. The molecule has 1 unspecified atom stereocenters. The maximum Gasteiger partial charge on any atom is 0.254 e. The minimum Gasteiger partial charge on any atom is -0.385 e. The fraction of sp³-hybridized carbons (Fsp3) is 0.389. The zero-order valence-electron chi connectivity index (χ0n) is 13.5. The molecule has 128 valence electrons. The Hall–Kier alpha value is -1.85. The fourth-order valence-corrected chi connectivity index (χ4v) is 3.29. The molecule has 0 radical (unpaired) electrons. The third-order valence-corrected chi connectivity index (χ3v) is 4.68. The highest BCUT2D eigenvalue weighted by molar-refractivity contribution is 6.31. The van der Waals surface area contributed by atoms with Crippen molar-refractivity contribution >= 4 is 17.5 Å².